The molecule has 0 amide bonds. The van der Waals surface area contributed by atoms with Gasteiger partial charge in [-0.25, -0.2) is 0 Å². The predicted octanol–water partition coefficient (Wildman–Crippen LogP) is 8.51. The topological polar surface area (TPSA) is 34.1 Å². The van der Waals surface area contributed by atoms with E-state index in [9.17, 15) is 22.8 Å². The van der Waals surface area contributed by atoms with Gasteiger partial charge in [-0.2, -0.15) is 13.2 Å². The summed E-state index contributed by atoms with van der Waals surface area (Å²) in [6.07, 6.45) is 16.6. The molecule has 0 aromatic carbocycles. The van der Waals surface area contributed by atoms with E-state index in [1.165, 1.54) is 89.9 Å². The van der Waals surface area contributed by atoms with Crippen molar-refractivity contribution < 1.29 is 22.8 Å². The van der Waals surface area contributed by atoms with Crippen LogP contribution in [-0.4, -0.2) is 17.7 Å². The smallest absolute Gasteiger partial charge is 0.299 e. The summed E-state index contributed by atoms with van der Waals surface area (Å²) in [4.78, 5) is 22.1. The fourth-order valence-electron chi connectivity index (χ4n) is 3.59. The molecule has 0 aliphatic heterocycles. The number of Topliss-reactive ketones (excluding diaryl/α,β-unsaturated/α-hetero) is 2. The van der Waals surface area contributed by atoms with Crippen LogP contribution >= 0.6 is 0 Å². The maximum atomic E-state index is 12.1. The Bertz CT molecular complexity index is 405. The SMILES string of the molecule is CCCCCCCCCCCCCCCCCCCCC(=O)CC(=O)C(F)(F)F. The van der Waals surface area contributed by atoms with E-state index < -0.39 is 24.2 Å². The summed E-state index contributed by atoms with van der Waals surface area (Å²) in [6.45, 7) is 2.25. The minimum atomic E-state index is -4.89. The van der Waals surface area contributed by atoms with E-state index in [-0.39, 0.29) is 6.42 Å². The van der Waals surface area contributed by atoms with Crippen LogP contribution in [0, 0.1) is 0 Å². The molecule has 0 aromatic rings. The van der Waals surface area contributed by atoms with E-state index in [0.29, 0.717) is 6.42 Å². The monoisotopic (exact) mass is 420 g/mol. The first kappa shape index (κ1) is 28.1. The first-order valence-corrected chi connectivity index (χ1v) is 12.0. The molecule has 0 fully saturated rings. The van der Waals surface area contributed by atoms with E-state index >= 15 is 0 Å². The standard InChI is InChI=1S/C24H43F3O2/c1-2-3-4-5-6-7-8-9-10-11-12-13-14-15-16-17-18-19-20-22(28)21-23(29)24(25,26)27/h2-21H2,1H3. The predicted molar refractivity (Wildman–Crippen MR) is 114 cm³/mol. The molecule has 0 aliphatic rings. The van der Waals surface area contributed by atoms with Gasteiger partial charge in [0, 0.05) is 6.42 Å². The number of rotatable bonds is 21. The number of hydrogen-bond donors (Lipinski definition) is 0. The maximum Gasteiger partial charge on any atom is 0.450 e. The van der Waals surface area contributed by atoms with E-state index in [1.807, 2.05) is 0 Å². The summed E-state index contributed by atoms with van der Waals surface area (Å²) in [6, 6.07) is 0. The summed E-state index contributed by atoms with van der Waals surface area (Å²) in [7, 11) is 0. The lowest BCUT2D eigenvalue weighted by molar-refractivity contribution is -0.171. The van der Waals surface area contributed by atoms with Crippen molar-refractivity contribution >= 4 is 11.6 Å². The largest absolute Gasteiger partial charge is 0.450 e. The second kappa shape index (κ2) is 19.1. The highest BCUT2D eigenvalue weighted by Crippen LogP contribution is 2.19. The van der Waals surface area contributed by atoms with E-state index in [2.05, 4.69) is 6.92 Å². The molecule has 5 heteroatoms. The number of carbonyl (C=O) groups excluding carboxylic acids is 2. The first-order chi connectivity index (χ1) is 13.9. The van der Waals surface area contributed by atoms with Gasteiger partial charge < -0.3 is 0 Å². The Morgan fingerprint density at radius 1 is 0.552 bits per heavy atom. The number of carbonyl (C=O) groups is 2. The summed E-state index contributed by atoms with van der Waals surface area (Å²) in [5.41, 5.74) is 0. The summed E-state index contributed by atoms with van der Waals surface area (Å²) >= 11 is 0. The third kappa shape index (κ3) is 20.2. The lowest BCUT2D eigenvalue weighted by atomic mass is 10.0. The number of ketones is 2. The number of alkyl halides is 3. The van der Waals surface area contributed by atoms with Gasteiger partial charge in [-0.1, -0.05) is 116 Å². The third-order valence-corrected chi connectivity index (χ3v) is 5.48. The van der Waals surface area contributed by atoms with Gasteiger partial charge in [-0.15, -0.1) is 0 Å². The molecule has 0 radical (unpaired) electrons. The quantitative estimate of drug-likeness (QED) is 0.138. The Hall–Kier alpha value is -0.870. The van der Waals surface area contributed by atoms with Crippen molar-refractivity contribution in [1.82, 2.24) is 0 Å². The molecule has 0 atom stereocenters. The lowest BCUT2D eigenvalue weighted by Gasteiger charge is -2.05. The summed E-state index contributed by atoms with van der Waals surface area (Å²) in [5, 5.41) is 0. The van der Waals surface area contributed by atoms with Crippen molar-refractivity contribution in [3.8, 4) is 0 Å². The van der Waals surface area contributed by atoms with Crippen molar-refractivity contribution in [2.24, 2.45) is 0 Å². The molecule has 0 spiro atoms. The molecular formula is C24H43F3O2. The van der Waals surface area contributed by atoms with Crippen molar-refractivity contribution in [3.05, 3.63) is 0 Å². The van der Waals surface area contributed by atoms with E-state index in [1.54, 1.807) is 0 Å². The van der Waals surface area contributed by atoms with Crippen molar-refractivity contribution in [2.45, 2.75) is 142 Å². The average Bonchev–Trinajstić information content (AvgIpc) is 2.66. The molecular weight excluding hydrogens is 377 g/mol. The molecule has 0 aliphatic carbocycles. The molecule has 172 valence electrons. The Labute approximate surface area is 176 Å². The van der Waals surface area contributed by atoms with E-state index in [0.717, 1.165) is 19.3 Å². The molecule has 0 unspecified atom stereocenters. The van der Waals surface area contributed by atoms with Crippen LogP contribution in [-0.2, 0) is 9.59 Å². The summed E-state index contributed by atoms with van der Waals surface area (Å²) in [5.74, 6) is -2.52. The highest BCUT2D eigenvalue weighted by atomic mass is 19.4. The molecule has 0 N–H and O–H groups in total. The maximum absolute atomic E-state index is 12.1. The Kier molecular flexibility index (Phi) is 18.5. The van der Waals surface area contributed by atoms with Crippen molar-refractivity contribution in [2.75, 3.05) is 0 Å². The van der Waals surface area contributed by atoms with Crippen LogP contribution in [0.25, 0.3) is 0 Å². The Morgan fingerprint density at radius 2 is 0.862 bits per heavy atom. The highest BCUT2D eigenvalue weighted by Gasteiger charge is 2.38. The zero-order chi connectivity index (χ0) is 21.8. The van der Waals surface area contributed by atoms with Crippen LogP contribution in [0.15, 0.2) is 0 Å². The fraction of sp³-hybridized carbons (Fsp3) is 0.917. The van der Waals surface area contributed by atoms with Gasteiger partial charge in [0.2, 0.25) is 5.78 Å². The number of unbranched alkanes of at least 4 members (excludes halogenated alkanes) is 17. The van der Waals surface area contributed by atoms with Crippen LogP contribution in [0.4, 0.5) is 13.2 Å². The second-order valence-electron chi connectivity index (χ2n) is 8.40. The molecule has 29 heavy (non-hydrogen) atoms. The third-order valence-electron chi connectivity index (χ3n) is 5.48. The second-order valence-corrected chi connectivity index (χ2v) is 8.40. The van der Waals surface area contributed by atoms with Crippen LogP contribution in [0.2, 0.25) is 0 Å². The number of hydrogen-bond acceptors (Lipinski definition) is 2. The minimum absolute atomic E-state index is 0.0839. The van der Waals surface area contributed by atoms with Gasteiger partial charge in [0.25, 0.3) is 0 Å². The normalized spacial score (nSPS) is 11.7. The van der Waals surface area contributed by atoms with Gasteiger partial charge in [0.1, 0.15) is 5.78 Å². The van der Waals surface area contributed by atoms with Gasteiger partial charge in [-0.05, 0) is 6.42 Å². The summed E-state index contributed by atoms with van der Waals surface area (Å²) < 4.78 is 36.2. The molecule has 0 heterocycles. The molecule has 0 saturated carbocycles. The van der Waals surface area contributed by atoms with Crippen LogP contribution in [0.1, 0.15) is 135 Å². The van der Waals surface area contributed by atoms with Crippen LogP contribution in [0.3, 0.4) is 0 Å². The average molecular weight is 421 g/mol. The van der Waals surface area contributed by atoms with Crippen molar-refractivity contribution in [3.63, 3.8) is 0 Å². The van der Waals surface area contributed by atoms with Gasteiger partial charge in [0.05, 0.1) is 6.42 Å². The van der Waals surface area contributed by atoms with Crippen LogP contribution in [0.5, 0.6) is 0 Å². The molecule has 0 saturated heterocycles. The van der Waals surface area contributed by atoms with Gasteiger partial charge in [0.15, 0.2) is 0 Å². The zero-order valence-corrected chi connectivity index (χ0v) is 18.6. The fourth-order valence-corrected chi connectivity index (χ4v) is 3.59. The molecule has 0 rings (SSSR count). The lowest BCUT2D eigenvalue weighted by Crippen LogP contribution is -2.25. The van der Waals surface area contributed by atoms with Crippen LogP contribution < -0.4 is 0 Å². The van der Waals surface area contributed by atoms with E-state index in [4.69, 9.17) is 0 Å². The van der Waals surface area contributed by atoms with Crippen molar-refractivity contribution in [1.29, 1.82) is 0 Å². The number of halogens is 3. The van der Waals surface area contributed by atoms with Gasteiger partial charge >= 0.3 is 6.18 Å². The van der Waals surface area contributed by atoms with Gasteiger partial charge in [-0.3, -0.25) is 9.59 Å². The Balaban J connectivity index is 3.22. The molecule has 2 nitrogen and oxygen atoms in total. The zero-order valence-electron chi connectivity index (χ0n) is 18.6. The highest BCUT2D eigenvalue weighted by molar-refractivity contribution is 6.01. The molecule has 0 bridgehead atoms. The Morgan fingerprint density at radius 3 is 1.17 bits per heavy atom. The minimum Gasteiger partial charge on any atom is -0.299 e. The molecule has 0 aromatic heterocycles. The first-order valence-electron chi connectivity index (χ1n) is 12.0.